The molecule has 35 heavy (non-hydrogen) atoms. The van der Waals surface area contributed by atoms with Crippen LogP contribution in [0.15, 0.2) is 65.8 Å². The van der Waals surface area contributed by atoms with Gasteiger partial charge in [0.25, 0.3) is 11.8 Å². The van der Waals surface area contributed by atoms with Gasteiger partial charge in [-0.25, -0.2) is 5.43 Å². The standard InChI is InChI=1S/C25H24ClN3O6/c1-32-20-10-9-17(13-21(20)33-2)25(31)29-27-14-16-11-19(26)24(22(12-16)34-3)35-15-23(30)28-18-7-5-4-6-8-18/h4-14H,15H2,1-3H3,(H,28,30)(H,29,31)/b27-14+. The zero-order valence-corrected chi connectivity index (χ0v) is 20.1. The second-order valence-electron chi connectivity index (χ2n) is 7.01. The van der Waals surface area contributed by atoms with Crippen molar-refractivity contribution < 1.29 is 28.5 Å². The van der Waals surface area contributed by atoms with Gasteiger partial charge in [0.15, 0.2) is 29.6 Å². The number of benzene rings is 3. The monoisotopic (exact) mass is 497 g/mol. The van der Waals surface area contributed by atoms with Gasteiger partial charge in [0.2, 0.25) is 0 Å². The van der Waals surface area contributed by atoms with Gasteiger partial charge in [-0.05, 0) is 48.0 Å². The number of hydrogen-bond acceptors (Lipinski definition) is 7. The molecule has 0 heterocycles. The van der Waals surface area contributed by atoms with E-state index in [-0.39, 0.29) is 23.3 Å². The van der Waals surface area contributed by atoms with Gasteiger partial charge in [0.1, 0.15) is 0 Å². The van der Waals surface area contributed by atoms with Gasteiger partial charge in [0, 0.05) is 11.3 Å². The number of carbonyl (C=O) groups is 2. The quantitative estimate of drug-likeness (QED) is 0.322. The van der Waals surface area contributed by atoms with E-state index >= 15 is 0 Å². The van der Waals surface area contributed by atoms with E-state index in [1.807, 2.05) is 18.2 Å². The lowest BCUT2D eigenvalue weighted by molar-refractivity contribution is -0.118. The Bertz CT molecular complexity index is 1220. The molecule has 0 atom stereocenters. The molecule has 9 nitrogen and oxygen atoms in total. The van der Waals surface area contributed by atoms with Gasteiger partial charge in [-0.15, -0.1) is 0 Å². The zero-order chi connectivity index (χ0) is 25.2. The summed E-state index contributed by atoms with van der Waals surface area (Å²) in [7, 11) is 4.44. The van der Waals surface area contributed by atoms with E-state index in [1.165, 1.54) is 27.5 Å². The van der Waals surface area contributed by atoms with Crippen molar-refractivity contribution in [3.63, 3.8) is 0 Å². The van der Waals surface area contributed by atoms with Gasteiger partial charge in [-0.2, -0.15) is 5.10 Å². The summed E-state index contributed by atoms with van der Waals surface area (Å²) in [6.45, 7) is -0.264. The van der Waals surface area contributed by atoms with Crippen LogP contribution in [-0.4, -0.2) is 46.0 Å². The molecule has 3 aromatic carbocycles. The summed E-state index contributed by atoms with van der Waals surface area (Å²) in [4.78, 5) is 24.6. The molecule has 2 N–H and O–H groups in total. The first kappa shape index (κ1) is 25.4. The fraction of sp³-hybridized carbons (Fsp3) is 0.160. The number of methoxy groups -OCH3 is 3. The Labute approximate surface area is 207 Å². The zero-order valence-electron chi connectivity index (χ0n) is 19.3. The molecule has 3 rings (SSSR count). The lowest BCUT2D eigenvalue weighted by Gasteiger charge is -2.13. The highest BCUT2D eigenvalue weighted by molar-refractivity contribution is 6.32. The maximum Gasteiger partial charge on any atom is 0.271 e. The first-order chi connectivity index (χ1) is 16.9. The van der Waals surface area contributed by atoms with E-state index < -0.39 is 5.91 Å². The average Bonchev–Trinajstić information content (AvgIpc) is 2.87. The van der Waals surface area contributed by atoms with Gasteiger partial charge in [0.05, 0.1) is 32.6 Å². The highest BCUT2D eigenvalue weighted by Crippen LogP contribution is 2.36. The topological polar surface area (TPSA) is 107 Å². The predicted octanol–water partition coefficient (Wildman–Crippen LogP) is 4.15. The minimum absolute atomic E-state index is 0.212. The van der Waals surface area contributed by atoms with Crippen LogP contribution in [-0.2, 0) is 4.79 Å². The second-order valence-corrected chi connectivity index (χ2v) is 7.41. The Hall–Kier alpha value is -4.24. The van der Waals surface area contributed by atoms with Crippen molar-refractivity contribution in [1.82, 2.24) is 5.43 Å². The van der Waals surface area contributed by atoms with Crippen LogP contribution < -0.4 is 29.7 Å². The molecule has 10 heteroatoms. The van der Waals surface area contributed by atoms with E-state index in [0.717, 1.165) is 0 Å². The predicted molar refractivity (Wildman–Crippen MR) is 133 cm³/mol. The summed E-state index contributed by atoms with van der Waals surface area (Å²) in [5, 5.41) is 6.90. The third kappa shape index (κ3) is 6.87. The van der Waals surface area contributed by atoms with Gasteiger partial charge in [-0.3, -0.25) is 9.59 Å². The second kappa shape index (κ2) is 12.3. The third-order valence-corrected chi connectivity index (χ3v) is 4.96. The minimum Gasteiger partial charge on any atom is -0.493 e. The molecule has 0 radical (unpaired) electrons. The van der Waals surface area contributed by atoms with Crippen molar-refractivity contribution in [2.24, 2.45) is 5.10 Å². The van der Waals surface area contributed by atoms with Crippen molar-refractivity contribution in [3.05, 3.63) is 76.8 Å². The molecule has 0 saturated carbocycles. The molecule has 0 saturated heterocycles. The number of halogens is 1. The number of nitrogens with zero attached hydrogens (tertiary/aromatic N) is 1. The van der Waals surface area contributed by atoms with E-state index in [9.17, 15) is 9.59 Å². The Morgan fingerprint density at radius 2 is 1.63 bits per heavy atom. The largest absolute Gasteiger partial charge is 0.493 e. The summed E-state index contributed by atoms with van der Waals surface area (Å²) in [6.07, 6.45) is 1.40. The molecule has 0 aliphatic heterocycles. The van der Waals surface area contributed by atoms with E-state index in [0.29, 0.717) is 34.1 Å². The summed E-state index contributed by atoms with van der Waals surface area (Å²) in [5.74, 6) is 0.659. The van der Waals surface area contributed by atoms with Crippen LogP contribution >= 0.6 is 11.6 Å². The number of amides is 2. The lowest BCUT2D eigenvalue weighted by Crippen LogP contribution is -2.20. The van der Waals surface area contributed by atoms with Crippen LogP contribution in [0, 0.1) is 0 Å². The SMILES string of the molecule is COc1ccc(C(=O)N/N=C/c2cc(Cl)c(OCC(=O)Nc3ccccc3)c(OC)c2)cc1OC. The third-order valence-electron chi connectivity index (χ3n) is 4.68. The van der Waals surface area contributed by atoms with Crippen molar-refractivity contribution in [2.75, 3.05) is 33.3 Å². The number of para-hydroxylation sites is 1. The molecule has 0 aliphatic rings. The summed E-state index contributed by atoms with van der Waals surface area (Å²) in [5.41, 5.74) is 3.97. The molecule has 182 valence electrons. The Morgan fingerprint density at radius 1 is 0.914 bits per heavy atom. The maximum atomic E-state index is 12.4. The summed E-state index contributed by atoms with van der Waals surface area (Å²) < 4.78 is 21.3. The molecular formula is C25H24ClN3O6. The number of hydrazone groups is 1. The Kier molecular flexibility index (Phi) is 8.91. The highest BCUT2D eigenvalue weighted by Gasteiger charge is 2.14. The number of anilines is 1. The maximum absolute atomic E-state index is 12.4. The van der Waals surface area contributed by atoms with Crippen LogP contribution in [0.4, 0.5) is 5.69 Å². The Morgan fingerprint density at radius 3 is 2.31 bits per heavy atom. The highest BCUT2D eigenvalue weighted by atomic mass is 35.5. The fourth-order valence-corrected chi connectivity index (χ4v) is 3.29. The molecule has 3 aromatic rings. The summed E-state index contributed by atoms with van der Waals surface area (Å²) >= 11 is 6.34. The van der Waals surface area contributed by atoms with Gasteiger partial charge in [-0.1, -0.05) is 29.8 Å². The van der Waals surface area contributed by atoms with Crippen LogP contribution in [0.3, 0.4) is 0 Å². The van der Waals surface area contributed by atoms with E-state index in [4.69, 9.17) is 30.5 Å². The summed E-state index contributed by atoms with van der Waals surface area (Å²) in [6, 6.07) is 17.0. The van der Waals surface area contributed by atoms with Crippen molar-refractivity contribution in [1.29, 1.82) is 0 Å². The molecule has 0 bridgehead atoms. The Balaban J connectivity index is 1.64. The molecule has 0 aliphatic carbocycles. The van der Waals surface area contributed by atoms with Crippen LogP contribution in [0.2, 0.25) is 5.02 Å². The first-order valence-corrected chi connectivity index (χ1v) is 10.7. The van der Waals surface area contributed by atoms with Crippen LogP contribution in [0.5, 0.6) is 23.0 Å². The lowest BCUT2D eigenvalue weighted by atomic mass is 10.2. The first-order valence-electron chi connectivity index (χ1n) is 10.4. The van der Waals surface area contributed by atoms with Gasteiger partial charge >= 0.3 is 0 Å². The smallest absolute Gasteiger partial charge is 0.271 e. The number of carbonyl (C=O) groups excluding carboxylic acids is 2. The fourth-order valence-electron chi connectivity index (χ4n) is 3.02. The number of nitrogens with one attached hydrogen (secondary N) is 2. The van der Waals surface area contributed by atoms with Gasteiger partial charge < -0.3 is 24.3 Å². The average molecular weight is 498 g/mol. The number of hydrogen-bond donors (Lipinski definition) is 2. The van der Waals surface area contributed by atoms with Crippen molar-refractivity contribution in [3.8, 4) is 23.0 Å². The van der Waals surface area contributed by atoms with E-state index in [2.05, 4.69) is 15.8 Å². The van der Waals surface area contributed by atoms with Crippen LogP contribution in [0.1, 0.15) is 15.9 Å². The normalized spacial score (nSPS) is 10.5. The number of rotatable bonds is 10. The van der Waals surface area contributed by atoms with E-state index in [1.54, 1.807) is 42.5 Å². The molecular weight excluding hydrogens is 474 g/mol. The molecule has 0 spiro atoms. The minimum atomic E-state index is -0.440. The molecule has 0 fully saturated rings. The van der Waals surface area contributed by atoms with Crippen LogP contribution in [0.25, 0.3) is 0 Å². The molecule has 2 amide bonds. The number of ether oxygens (including phenoxy) is 4. The molecule has 0 unspecified atom stereocenters. The molecule has 0 aromatic heterocycles. The van der Waals surface area contributed by atoms with Crippen molar-refractivity contribution in [2.45, 2.75) is 0 Å². The van der Waals surface area contributed by atoms with Crippen molar-refractivity contribution >= 4 is 35.3 Å².